The normalized spacial score (nSPS) is 13.1. The minimum atomic E-state index is -6.43. The van der Waals surface area contributed by atoms with Crippen molar-refractivity contribution >= 4 is 26.2 Å². The second-order valence-electron chi connectivity index (χ2n) is 4.35. The summed E-state index contributed by atoms with van der Waals surface area (Å²) in [6, 6.07) is 1.12. The maximum atomic E-state index is 12.4. The van der Waals surface area contributed by atoms with Crippen LogP contribution in [-0.4, -0.2) is 40.4 Å². The zero-order valence-electron chi connectivity index (χ0n) is 12.8. The average molecular weight is 446 g/mol. The number of benzene rings is 1. The van der Waals surface area contributed by atoms with Crippen molar-refractivity contribution in [2.45, 2.75) is 17.9 Å². The number of hydrogen-bond donors (Lipinski definition) is 0. The highest BCUT2D eigenvalue weighted by Gasteiger charge is 2.51. The largest absolute Gasteiger partial charge is 0.534 e. The van der Waals surface area contributed by atoms with Crippen LogP contribution in [0.15, 0.2) is 18.2 Å². The Hall–Kier alpha value is -2.23. The first-order valence-electron chi connectivity index (χ1n) is 6.34. The fraction of sp³-hybridized carbons (Fsp3) is 0.364. The molecule has 0 aliphatic carbocycles. The summed E-state index contributed by atoms with van der Waals surface area (Å²) in [4.78, 5) is 11.5. The summed E-state index contributed by atoms with van der Waals surface area (Å²) in [7, 11) is -12.8. The molecule has 0 unspecified atom stereocenters. The van der Waals surface area contributed by atoms with Crippen LogP contribution in [-0.2, 0) is 25.0 Å². The van der Waals surface area contributed by atoms with E-state index in [0.717, 1.165) is 0 Å². The topological polar surface area (TPSA) is 113 Å². The van der Waals surface area contributed by atoms with Gasteiger partial charge in [-0.15, -0.1) is 0 Å². The van der Waals surface area contributed by atoms with Crippen LogP contribution in [0.4, 0.5) is 26.3 Å². The molecule has 0 bridgehead atoms. The van der Waals surface area contributed by atoms with E-state index in [9.17, 15) is 48.0 Å². The fourth-order valence-corrected chi connectivity index (χ4v) is 2.24. The molecule has 0 heterocycles. The van der Waals surface area contributed by atoms with Gasteiger partial charge in [0.2, 0.25) is 0 Å². The molecule has 154 valence electrons. The van der Waals surface area contributed by atoms with Gasteiger partial charge in [0.25, 0.3) is 0 Å². The molecule has 0 aromatic heterocycles. The zero-order valence-corrected chi connectivity index (χ0v) is 14.4. The van der Waals surface area contributed by atoms with Gasteiger partial charge in [-0.1, -0.05) is 0 Å². The van der Waals surface area contributed by atoms with Gasteiger partial charge < -0.3 is 13.1 Å². The molecule has 1 rings (SSSR count). The molecule has 0 spiro atoms. The molecule has 0 atom stereocenters. The molecular formula is C11H8F6O8S2. The quantitative estimate of drug-likeness (QED) is 0.283. The summed E-state index contributed by atoms with van der Waals surface area (Å²) in [5, 5.41) is 0. The van der Waals surface area contributed by atoms with Gasteiger partial charge in [0, 0.05) is 6.07 Å². The lowest BCUT2D eigenvalue weighted by molar-refractivity contribution is -0.0513. The molecule has 0 N–H and O–H groups in total. The molecule has 0 saturated carbocycles. The minimum Gasteiger partial charge on any atom is -0.462 e. The Morgan fingerprint density at radius 3 is 1.74 bits per heavy atom. The molecule has 8 nitrogen and oxygen atoms in total. The number of alkyl halides is 6. The van der Waals surface area contributed by atoms with Crippen molar-refractivity contribution in [2.24, 2.45) is 0 Å². The Kier molecular flexibility index (Phi) is 6.26. The van der Waals surface area contributed by atoms with Crippen LogP contribution in [0, 0.1) is 0 Å². The molecule has 1 aromatic rings. The number of esters is 1. The van der Waals surface area contributed by atoms with Crippen LogP contribution in [0.3, 0.4) is 0 Å². The van der Waals surface area contributed by atoms with Crippen molar-refractivity contribution in [2.75, 3.05) is 6.61 Å². The minimum absolute atomic E-state index is 0.211. The zero-order chi connectivity index (χ0) is 21.3. The van der Waals surface area contributed by atoms with E-state index in [4.69, 9.17) is 0 Å². The monoisotopic (exact) mass is 446 g/mol. The van der Waals surface area contributed by atoms with E-state index in [1.807, 2.05) is 0 Å². The Balaban J connectivity index is 3.49. The van der Waals surface area contributed by atoms with Crippen LogP contribution >= 0.6 is 0 Å². The van der Waals surface area contributed by atoms with Crippen molar-refractivity contribution in [3.63, 3.8) is 0 Å². The predicted octanol–water partition coefficient (Wildman–Crippen LogP) is 2.32. The maximum Gasteiger partial charge on any atom is 0.534 e. The van der Waals surface area contributed by atoms with Gasteiger partial charge in [-0.2, -0.15) is 43.2 Å². The number of rotatable bonds is 6. The lowest BCUT2D eigenvalue weighted by atomic mass is 10.2. The van der Waals surface area contributed by atoms with Gasteiger partial charge in [0.15, 0.2) is 11.5 Å². The molecule has 0 fully saturated rings. The molecule has 0 amide bonds. The van der Waals surface area contributed by atoms with E-state index < -0.39 is 54.3 Å². The Bertz CT molecular complexity index is 917. The van der Waals surface area contributed by atoms with E-state index in [1.54, 1.807) is 0 Å². The lowest BCUT2D eigenvalue weighted by Gasteiger charge is -2.15. The van der Waals surface area contributed by atoms with Crippen molar-refractivity contribution in [3.05, 3.63) is 23.8 Å². The van der Waals surface area contributed by atoms with Crippen LogP contribution in [0.2, 0.25) is 0 Å². The number of halogens is 6. The fourth-order valence-electron chi connectivity index (χ4n) is 1.31. The summed E-state index contributed by atoms with van der Waals surface area (Å²) < 4.78 is 130. The van der Waals surface area contributed by atoms with E-state index in [2.05, 4.69) is 13.1 Å². The van der Waals surface area contributed by atoms with E-state index in [-0.39, 0.29) is 18.7 Å². The highest BCUT2D eigenvalue weighted by molar-refractivity contribution is 7.88. The molecule has 1 aromatic carbocycles. The summed E-state index contributed by atoms with van der Waals surface area (Å²) in [5.74, 6) is -4.41. The Morgan fingerprint density at radius 2 is 1.33 bits per heavy atom. The van der Waals surface area contributed by atoms with Crippen LogP contribution in [0.5, 0.6) is 11.5 Å². The summed E-state index contributed by atoms with van der Waals surface area (Å²) in [6.45, 7) is 1.13. The van der Waals surface area contributed by atoms with Gasteiger partial charge >= 0.3 is 37.2 Å². The summed E-state index contributed by atoms with van der Waals surface area (Å²) >= 11 is 0. The van der Waals surface area contributed by atoms with Crippen molar-refractivity contribution in [3.8, 4) is 11.5 Å². The molecule has 0 radical (unpaired) electrons. The van der Waals surface area contributed by atoms with Crippen molar-refractivity contribution < 1.29 is 61.1 Å². The first kappa shape index (κ1) is 22.8. The SMILES string of the molecule is CCOC(=O)c1ccc(OS(=O)(=O)C(F)(F)F)c(OS(=O)(=O)C(F)(F)F)c1. The summed E-state index contributed by atoms with van der Waals surface area (Å²) in [5.41, 5.74) is -12.6. The summed E-state index contributed by atoms with van der Waals surface area (Å²) in [6.07, 6.45) is 0. The second kappa shape index (κ2) is 7.41. The number of hydrogen-bond acceptors (Lipinski definition) is 8. The Morgan fingerprint density at radius 1 is 0.889 bits per heavy atom. The maximum absolute atomic E-state index is 12.4. The number of carbonyl (C=O) groups is 1. The highest BCUT2D eigenvalue weighted by atomic mass is 32.2. The molecule has 0 aliphatic rings. The third-order valence-corrected chi connectivity index (χ3v) is 4.35. The third kappa shape index (κ3) is 5.38. The predicted molar refractivity (Wildman–Crippen MR) is 73.6 cm³/mol. The average Bonchev–Trinajstić information content (AvgIpc) is 2.46. The standard InChI is InChI=1S/C11H8F6O8S2/c1-2-23-9(18)6-3-4-7(24-26(19,20)10(12,13)14)8(5-6)25-27(21,22)11(15,16)17/h3-5H,2H2,1H3. The molecule has 0 aliphatic heterocycles. The van der Waals surface area contributed by atoms with Crippen molar-refractivity contribution in [1.82, 2.24) is 0 Å². The molecule has 16 heteroatoms. The van der Waals surface area contributed by atoms with Gasteiger partial charge in [0.1, 0.15) is 0 Å². The van der Waals surface area contributed by atoms with Gasteiger partial charge in [0.05, 0.1) is 12.2 Å². The first-order chi connectivity index (χ1) is 12.0. The second-order valence-corrected chi connectivity index (χ2v) is 7.42. The molecule has 0 saturated heterocycles. The smallest absolute Gasteiger partial charge is 0.462 e. The Labute approximate surface area is 147 Å². The highest BCUT2D eigenvalue weighted by Crippen LogP contribution is 2.37. The van der Waals surface area contributed by atoms with E-state index in [1.165, 1.54) is 6.92 Å². The lowest BCUT2D eigenvalue weighted by Crippen LogP contribution is -2.30. The first-order valence-corrected chi connectivity index (χ1v) is 9.16. The number of carbonyl (C=O) groups excluding carboxylic acids is 1. The third-order valence-electron chi connectivity index (χ3n) is 2.42. The van der Waals surface area contributed by atoms with Crippen LogP contribution in [0.1, 0.15) is 17.3 Å². The van der Waals surface area contributed by atoms with E-state index >= 15 is 0 Å². The van der Waals surface area contributed by atoms with Gasteiger partial charge in [-0.05, 0) is 19.1 Å². The van der Waals surface area contributed by atoms with Crippen molar-refractivity contribution in [1.29, 1.82) is 0 Å². The molecular weight excluding hydrogens is 438 g/mol. The van der Waals surface area contributed by atoms with Gasteiger partial charge in [-0.3, -0.25) is 0 Å². The molecule has 27 heavy (non-hydrogen) atoms. The van der Waals surface area contributed by atoms with Gasteiger partial charge in [-0.25, -0.2) is 4.79 Å². The van der Waals surface area contributed by atoms with Crippen LogP contribution < -0.4 is 8.37 Å². The number of ether oxygens (including phenoxy) is 1. The van der Waals surface area contributed by atoms with E-state index in [0.29, 0.717) is 6.07 Å². The van der Waals surface area contributed by atoms with Crippen LogP contribution in [0.25, 0.3) is 0 Å².